The highest BCUT2D eigenvalue weighted by molar-refractivity contribution is 5.43. The van der Waals surface area contributed by atoms with Crippen LogP contribution in [0.15, 0.2) is 24.3 Å². The Kier molecular flexibility index (Phi) is 3.47. The van der Waals surface area contributed by atoms with Gasteiger partial charge in [-0.25, -0.2) is 4.39 Å². The van der Waals surface area contributed by atoms with Crippen LogP contribution in [-0.2, 0) is 0 Å². The molecule has 0 saturated carbocycles. The van der Waals surface area contributed by atoms with Crippen molar-refractivity contribution in [3.8, 4) is 0 Å². The smallest absolute Gasteiger partial charge is 0.125 e. The third-order valence-electron chi connectivity index (χ3n) is 2.02. The predicted octanol–water partition coefficient (Wildman–Crippen LogP) is 2.26. The summed E-state index contributed by atoms with van der Waals surface area (Å²) < 4.78 is 12.8. The molecule has 0 bridgehead atoms. The highest BCUT2D eigenvalue weighted by Gasteiger charge is 2.15. The molecule has 0 aliphatic rings. The van der Waals surface area contributed by atoms with Crippen LogP contribution >= 0.6 is 0 Å². The second kappa shape index (κ2) is 4.42. The number of aliphatic hydroxyl groups excluding tert-OH is 1. The van der Waals surface area contributed by atoms with Crippen LogP contribution in [0.25, 0.3) is 0 Å². The van der Waals surface area contributed by atoms with E-state index in [2.05, 4.69) is 5.32 Å². The van der Waals surface area contributed by atoms with Crippen molar-refractivity contribution in [1.82, 2.24) is 0 Å². The Hall–Kier alpha value is -1.09. The average molecular weight is 197 g/mol. The Morgan fingerprint density at radius 1 is 1.43 bits per heavy atom. The van der Waals surface area contributed by atoms with Crippen molar-refractivity contribution in [1.29, 1.82) is 0 Å². The minimum Gasteiger partial charge on any atom is -0.396 e. The molecule has 2 nitrogen and oxygen atoms in total. The molecule has 0 saturated heterocycles. The van der Waals surface area contributed by atoms with E-state index < -0.39 is 0 Å². The topological polar surface area (TPSA) is 32.3 Å². The molecule has 0 fully saturated rings. The van der Waals surface area contributed by atoms with Crippen LogP contribution in [0.1, 0.15) is 13.8 Å². The molecule has 78 valence electrons. The molecular formula is C11H16FNO. The summed E-state index contributed by atoms with van der Waals surface area (Å²) in [6.45, 7) is 4.61. The third-order valence-corrected chi connectivity index (χ3v) is 2.02. The van der Waals surface area contributed by atoms with Crippen LogP contribution in [0.3, 0.4) is 0 Å². The lowest BCUT2D eigenvalue weighted by molar-refractivity contribution is 0.171. The quantitative estimate of drug-likeness (QED) is 0.776. The molecule has 2 N–H and O–H groups in total. The van der Waals surface area contributed by atoms with Crippen molar-refractivity contribution in [2.24, 2.45) is 5.41 Å². The largest absolute Gasteiger partial charge is 0.396 e. The molecule has 1 aromatic rings. The van der Waals surface area contributed by atoms with E-state index in [0.717, 1.165) is 5.69 Å². The van der Waals surface area contributed by atoms with Crippen LogP contribution in [0.5, 0.6) is 0 Å². The van der Waals surface area contributed by atoms with Gasteiger partial charge in [0.2, 0.25) is 0 Å². The summed E-state index contributed by atoms with van der Waals surface area (Å²) in [5, 5.41) is 12.1. The molecule has 0 aliphatic carbocycles. The van der Waals surface area contributed by atoms with Crippen LogP contribution in [0.4, 0.5) is 10.1 Å². The zero-order valence-electron chi connectivity index (χ0n) is 8.55. The minimum absolute atomic E-state index is 0.106. The van der Waals surface area contributed by atoms with Gasteiger partial charge in [0.25, 0.3) is 0 Å². The summed E-state index contributed by atoms with van der Waals surface area (Å²) in [7, 11) is 0. The van der Waals surface area contributed by atoms with Crippen molar-refractivity contribution >= 4 is 5.69 Å². The normalized spacial score (nSPS) is 11.4. The van der Waals surface area contributed by atoms with E-state index in [1.54, 1.807) is 12.1 Å². The number of halogens is 1. The van der Waals surface area contributed by atoms with Crippen molar-refractivity contribution in [3.05, 3.63) is 30.1 Å². The Balaban J connectivity index is 2.54. The van der Waals surface area contributed by atoms with Crippen molar-refractivity contribution in [2.45, 2.75) is 13.8 Å². The van der Waals surface area contributed by atoms with Crippen LogP contribution in [-0.4, -0.2) is 18.3 Å². The van der Waals surface area contributed by atoms with E-state index in [4.69, 9.17) is 5.11 Å². The second-order valence-electron chi connectivity index (χ2n) is 4.19. The average Bonchev–Trinajstić information content (AvgIpc) is 2.15. The molecule has 0 aliphatic heterocycles. The molecule has 0 radical (unpaired) electrons. The van der Waals surface area contributed by atoms with Crippen LogP contribution in [0, 0.1) is 11.2 Å². The number of rotatable bonds is 4. The van der Waals surface area contributed by atoms with E-state index in [0.29, 0.717) is 6.54 Å². The maximum Gasteiger partial charge on any atom is 0.125 e. The molecule has 0 aromatic heterocycles. The molecule has 1 aromatic carbocycles. The minimum atomic E-state index is -0.253. The molecule has 0 atom stereocenters. The van der Waals surface area contributed by atoms with Crippen LogP contribution < -0.4 is 5.32 Å². The summed E-state index contributed by atoms with van der Waals surface area (Å²) in [5.74, 6) is -0.253. The summed E-state index contributed by atoms with van der Waals surface area (Å²) >= 11 is 0. The number of hydrogen-bond donors (Lipinski definition) is 2. The molecule has 14 heavy (non-hydrogen) atoms. The number of benzene rings is 1. The summed E-state index contributed by atoms with van der Waals surface area (Å²) in [6.07, 6.45) is 0. The monoisotopic (exact) mass is 197 g/mol. The van der Waals surface area contributed by atoms with Gasteiger partial charge in [-0.2, -0.15) is 0 Å². The van der Waals surface area contributed by atoms with Crippen molar-refractivity contribution in [2.75, 3.05) is 18.5 Å². The Labute approximate surface area is 83.8 Å². The van der Waals surface area contributed by atoms with Gasteiger partial charge in [-0.15, -0.1) is 0 Å². The molecule has 1 rings (SSSR count). The molecular weight excluding hydrogens is 181 g/mol. The SMILES string of the molecule is CC(C)(CO)CNc1cccc(F)c1. The highest BCUT2D eigenvalue weighted by Crippen LogP contribution is 2.16. The molecule has 0 spiro atoms. The maximum atomic E-state index is 12.8. The van der Waals surface area contributed by atoms with Gasteiger partial charge >= 0.3 is 0 Å². The van der Waals surface area contributed by atoms with Gasteiger partial charge in [-0.3, -0.25) is 0 Å². The molecule has 0 heterocycles. The first-order chi connectivity index (χ1) is 6.53. The number of anilines is 1. The first-order valence-corrected chi connectivity index (χ1v) is 4.64. The standard InChI is InChI=1S/C11H16FNO/c1-11(2,8-14)7-13-10-5-3-4-9(12)6-10/h3-6,13-14H,7-8H2,1-2H3. The number of aliphatic hydroxyl groups is 1. The summed E-state index contributed by atoms with van der Waals surface area (Å²) in [6, 6.07) is 6.30. The van der Waals surface area contributed by atoms with Gasteiger partial charge in [0, 0.05) is 24.3 Å². The van der Waals surface area contributed by atoms with E-state index in [1.807, 2.05) is 13.8 Å². The van der Waals surface area contributed by atoms with E-state index in [9.17, 15) is 4.39 Å². The number of hydrogen-bond acceptors (Lipinski definition) is 2. The predicted molar refractivity (Wildman–Crippen MR) is 55.8 cm³/mol. The highest BCUT2D eigenvalue weighted by atomic mass is 19.1. The zero-order chi connectivity index (χ0) is 10.6. The molecule has 3 heteroatoms. The second-order valence-corrected chi connectivity index (χ2v) is 4.19. The zero-order valence-corrected chi connectivity index (χ0v) is 8.55. The molecule has 0 amide bonds. The lowest BCUT2D eigenvalue weighted by Gasteiger charge is -2.22. The first-order valence-electron chi connectivity index (χ1n) is 4.64. The van der Waals surface area contributed by atoms with Gasteiger partial charge < -0.3 is 10.4 Å². The number of nitrogens with one attached hydrogen (secondary N) is 1. The lowest BCUT2D eigenvalue weighted by Crippen LogP contribution is -2.26. The van der Waals surface area contributed by atoms with Gasteiger partial charge in [-0.1, -0.05) is 19.9 Å². The summed E-state index contributed by atoms with van der Waals surface area (Å²) in [5.41, 5.74) is 0.554. The van der Waals surface area contributed by atoms with Gasteiger partial charge in [0.05, 0.1) is 0 Å². The van der Waals surface area contributed by atoms with E-state index in [1.165, 1.54) is 12.1 Å². The Morgan fingerprint density at radius 2 is 2.14 bits per heavy atom. The van der Waals surface area contributed by atoms with Gasteiger partial charge in [0.1, 0.15) is 5.82 Å². The molecule has 0 unspecified atom stereocenters. The Morgan fingerprint density at radius 3 is 2.71 bits per heavy atom. The van der Waals surface area contributed by atoms with Gasteiger partial charge in [-0.05, 0) is 18.2 Å². The first kappa shape index (κ1) is 11.0. The fraction of sp³-hybridized carbons (Fsp3) is 0.455. The maximum absolute atomic E-state index is 12.8. The third kappa shape index (κ3) is 3.34. The lowest BCUT2D eigenvalue weighted by atomic mass is 9.95. The van der Waals surface area contributed by atoms with E-state index in [-0.39, 0.29) is 17.8 Å². The van der Waals surface area contributed by atoms with Crippen LogP contribution in [0.2, 0.25) is 0 Å². The van der Waals surface area contributed by atoms with E-state index >= 15 is 0 Å². The van der Waals surface area contributed by atoms with Gasteiger partial charge in [0.15, 0.2) is 0 Å². The van der Waals surface area contributed by atoms with Crippen molar-refractivity contribution < 1.29 is 9.50 Å². The fourth-order valence-corrected chi connectivity index (χ4v) is 0.996. The summed E-state index contributed by atoms with van der Waals surface area (Å²) in [4.78, 5) is 0. The van der Waals surface area contributed by atoms with Crippen molar-refractivity contribution in [3.63, 3.8) is 0 Å². The fourth-order valence-electron chi connectivity index (χ4n) is 0.996. The Bertz CT molecular complexity index is 299.